The van der Waals surface area contributed by atoms with E-state index in [4.69, 9.17) is 19.8 Å². The molecule has 1 aliphatic heterocycles. The number of nitrogens with zero attached hydrogens (tertiary/aromatic N) is 1. The number of nitrogens with one attached hydrogen (secondary N) is 1. The molecule has 3 N–H and O–H groups in total. The van der Waals surface area contributed by atoms with E-state index in [1.54, 1.807) is 18.2 Å². The Labute approximate surface area is 145 Å². The number of likely N-dealkylation sites (tertiary alicyclic amines) is 1. The molecule has 0 aromatic heterocycles. The molecule has 7 nitrogen and oxygen atoms in total. The number of piperidine rings is 1. The number of carbonyl (C=O) groups excluding carboxylic acids is 1. The number of aliphatic carboxylic acids is 2. The number of rotatable bonds is 3. The van der Waals surface area contributed by atoms with Crippen molar-refractivity contribution >= 4 is 23.5 Å². The Kier molecular flexibility index (Phi) is 8.00. The van der Waals surface area contributed by atoms with Crippen LogP contribution >= 0.6 is 0 Å². The van der Waals surface area contributed by atoms with Crippen LogP contribution < -0.4 is 5.32 Å². The van der Waals surface area contributed by atoms with Crippen molar-refractivity contribution in [2.75, 3.05) is 25.0 Å². The van der Waals surface area contributed by atoms with Gasteiger partial charge < -0.3 is 15.5 Å². The van der Waals surface area contributed by atoms with E-state index in [0.717, 1.165) is 13.1 Å². The standard InChI is InChI=1S/C15H21FN2O.C2H2O4/c1-11-7-12(2)9-18(8-11)10-15(19)17-14-6-4-3-5-13(14)16;3-1(4)2(5)6/h3-6,11-12H,7-10H2,1-2H3,(H,17,19);(H,3,4)(H,5,6). The third-order valence-corrected chi connectivity index (χ3v) is 3.64. The average molecular weight is 354 g/mol. The zero-order chi connectivity index (χ0) is 19.0. The molecule has 0 radical (unpaired) electrons. The van der Waals surface area contributed by atoms with E-state index in [9.17, 15) is 9.18 Å². The second-order valence-electron chi connectivity index (χ2n) is 6.28. The van der Waals surface area contributed by atoms with Gasteiger partial charge in [0, 0.05) is 13.1 Å². The quantitative estimate of drug-likeness (QED) is 0.716. The van der Waals surface area contributed by atoms with E-state index >= 15 is 0 Å². The van der Waals surface area contributed by atoms with E-state index in [1.165, 1.54) is 12.5 Å². The first kappa shape index (κ1) is 20.6. The van der Waals surface area contributed by atoms with E-state index < -0.39 is 17.8 Å². The normalized spacial score (nSPS) is 20.1. The van der Waals surface area contributed by atoms with Crippen molar-refractivity contribution in [2.45, 2.75) is 20.3 Å². The van der Waals surface area contributed by atoms with Crippen molar-refractivity contribution in [3.63, 3.8) is 0 Å². The summed E-state index contributed by atoms with van der Waals surface area (Å²) in [5.41, 5.74) is 0.255. The van der Waals surface area contributed by atoms with Crippen molar-refractivity contribution in [1.82, 2.24) is 4.90 Å². The van der Waals surface area contributed by atoms with Crippen LogP contribution in [0.1, 0.15) is 20.3 Å². The van der Waals surface area contributed by atoms with Gasteiger partial charge in [-0.15, -0.1) is 0 Å². The number of carboxylic acid groups (broad SMARTS) is 2. The van der Waals surface area contributed by atoms with Crippen LogP contribution in [0, 0.1) is 17.7 Å². The van der Waals surface area contributed by atoms with E-state index in [1.807, 2.05) is 0 Å². The van der Waals surface area contributed by atoms with E-state index in [-0.39, 0.29) is 11.6 Å². The highest BCUT2D eigenvalue weighted by atomic mass is 19.1. The Hall–Kier alpha value is -2.48. The van der Waals surface area contributed by atoms with Crippen LogP contribution in [0.4, 0.5) is 10.1 Å². The van der Waals surface area contributed by atoms with Gasteiger partial charge in [-0.1, -0.05) is 26.0 Å². The molecule has 1 aromatic rings. The fourth-order valence-electron chi connectivity index (χ4n) is 2.88. The summed E-state index contributed by atoms with van der Waals surface area (Å²) >= 11 is 0. The third kappa shape index (κ3) is 7.75. The van der Waals surface area contributed by atoms with E-state index in [0.29, 0.717) is 18.4 Å². The van der Waals surface area contributed by atoms with E-state index in [2.05, 4.69) is 24.1 Å². The molecule has 0 spiro atoms. The molecule has 25 heavy (non-hydrogen) atoms. The predicted molar refractivity (Wildman–Crippen MR) is 89.7 cm³/mol. The zero-order valence-corrected chi connectivity index (χ0v) is 14.2. The third-order valence-electron chi connectivity index (χ3n) is 3.64. The Morgan fingerprint density at radius 3 is 2.12 bits per heavy atom. The molecule has 2 unspecified atom stereocenters. The monoisotopic (exact) mass is 354 g/mol. The molecule has 1 aliphatic rings. The van der Waals surface area contributed by atoms with Gasteiger partial charge in [-0.05, 0) is 30.4 Å². The lowest BCUT2D eigenvalue weighted by Gasteiger charge is -2.34. The lowest BCUT2D eigenvalue weighted by molar-refractivity contribution is -0.159. The zero-order valence-electron chi connectivity index (χ0n) is 14.2. The summed E-state index contributed by atoms with van der Waals surface area (Å²) in [5.74, 6) is -2.96. The fourth-order valence-corrected chi connectivity index (χ4v) is 2.88. The van der Waals surface area contributed by atoms with Gasteiger partial charge >= 0.3 is 11.9 Å². The maximum absolute atomic E-state index is 13.4. The number of hydrogen-bond donors (Lipinski definition) is 3. The summed E-state index contributed by atoms with van der Waals surface area (Å²) in [6.07, 6.45) is 1.21. The minimum absolute atomic E-state index is 0.147. The maximum Gasteiger partial charge on any atom is 0.414 e. The van der Waals surface area contributed by atoms with Crippen LogP contribution in [-0.4, -0.2) is 52.6 Å². The Morgan fingerprint density at radius 1 is 1.12 bits per heavy atom. The second-order valence-corrected chi connectivity index (χ2v) is 6.28. The van der Waals surface area contributed by atoms with Gasteiger partial charge in [-0.25, -0.2) is 14.0 Å². The smallest absolute Gasteiger partial charge is 0.414 e. The fraction of sp³-hybridized carbons (Fsp3) is 0.471. The Balaban J connectivity index is 0.000000450. The van der Waals surface area contributed by atoms with Gasteiger partial charge in [-0.3, -0.25) is 9.69 Å². The molecule has 1 saturated heterocycles. The molecular weight excluding hydrogens is 331 g/mol. The first-order valence-corrected chi connectivity index (χ1v) is 7.92. The summed E-state index contributed by atoms with van der Waals surface area (Å²) in [4.78, 5) is 32.3. The molecule has 0 aliphatic carbocycles. The molecule has 1 heterocycles. The first-order chi connectivity index (χ1) is 11.7. The van der Waals surface area contributed by atoms with Crippen LogP contribution in [0.3, 0.4) is 0 Å². The van der Waals surface area contributed by atoms with Gasteiger partial charge in [0.1, 0.15) is 5.82 Å². The molecule has 1 aromatic carbocycles. The lowest BCUT2D eigenvalue weighted by Crippen LogP contribution is -2.42. The topological polar surface area (TPSA) is 107 Å². The molecule has 1 fully saturated rings. The molecule has 1 amide bonds. The molecular formula is C17H23FN2O5. The molecule has 8 heteroatoms. The van der Waals surface area contributed by atoms with Gasteiger partial charge in [0.15, 0.2) is 0 Å². The number of para-hydroxylation sites is 1. The minimum atomic E-state index is -1.82. The summed E-state index contributed by atoms with van der Waals surface area (Å²) in [6.45, 7) is 6.63. The average Bonchev–Trinajstić information content (AvgIpc) is 2.49. The minimum Gasteiger partial charge on any atom is -0.473 e. The van der Waals surface area contributed by atoms with Crippen LogP contribution in [-0.2, 0) is 14.4 Å². The number of carboxylic acids is 2. The van der Waals surface area contributed by atoms with Gasteiger partial charge in [0.05, 0.1) is 12.2 Å². The van der Waals surface area contributed by atoms with Crippen LogP contribution in [0.2, 0.25) is 0 Å². The first-order valence-electron chi connectivity index (χ1n) is 7.92. The molecule has 138 valence electrons. The predicted octanol–water partition coefficient (Wildman–Crippen LogP) is 1.90. The number of halogens is 1. The maximum atomic E-state index is 13.4. The van der Waals surface area contributed by atoms with Crippen molar-refractivity contribution in [1.29, 1.82) is 0 Å². The van der Waals surface area contributed by atoms with Crippen LogP contribution in [0.15, 0.2) is 24.3 Å². The lowest BCUT2D eigenvalue weighted by atomic mass is 9.92. The summed E-state index contributed by atoms with van der Waals surface area (Å²) < 4.78 is 13.4. The summed E-state index contributed by atoms with van der Waals surface area (Å²) in [7, 11) is 0. The van der Waals surface area contributed by atoms with Gasteiger partial charge in [-0.2, -0.15) is 0 Å². The largest absolute Gasteiger partial charge is 0.473 e. The van der Waals surface area contributed by atoms with Gasteiger partial charge in [0.25, 0.3) is 0 Å². The molecule has 2 atom stereocenters. The highest BCUT2D eigenvalue weighted by molar-refractivity contribution is 6.27. The highest BCUT2D eigenvalue weighted by Gasteiger charge is 2.23. The van der Waals surface area contributed by atoms with Crippen molar-refractivity contribution in [2.24, 2.45) is 11.8 Å². The summed E-state index contributed by atoms with van der Waals surface area (Å²) in [6, 6.07) is 6.25. The van der Waals surface area contributed by atoms with Crippen molar-refractivity contribution < 1.29 is 29.0 Å². The van der Waals surface area contributed by atoms with Crippen LogP contribution in [0.25, 0.3) is 0 Å². The highest BCUT2D eigenvalue weighted by Crippen LogP contribution is 2.20. The Bertz CT molecular complexity index is 601. The summed E-state index contributed by atoms with van der Waals surface area (Å²) in [5, 5.41) is 17.4. The van der Waals surface area contributed by atoms with Crippen LogP contribution in [0.5, 0.6) is 0 Å². The molecule has 2 rings (SSSR count). The number of benzene rings is 1. The Morgan fingerprint density at radius 2 is 1.64 bits per heavy atom. The van der Waals surface area contributed by atoms with Crippen molar-refractivity contribution in [3.05, 3.63) is 30.1 Å². The number of carbonyl (C=O) groups is 3. The molecule has 0 bridgehead atoms. The van der Waals surface area contributed by atoms with Gasteiger partial charge in [0.2, 0.25) is 5.91 Å². The van der Waals surface area contributed by atoms with Crippen molar-refractivity contribution in [3.8, 4) is 0 Å². The second kappa shape index (κ2) is 9.73. The molecule has 0 saturated carbocycles. The number of hydrogen-bond acceptors (Lipinski definition) is 4. The number of amides is 1. The number of anilines is 1. The SMILES string of the molecule is CC1CC(C)CN(CC(=O)Nc2ccccc2F)C1.O=C(O)C(=O)O.